The molecule has 2 rings (SSSR count). The molecule has 5 nitrogen and oxygen atoms in total. The van der Waals surface area contributed by atoms with Crippen LogP contribution in [0.25, 0.3) is 0 Å². The van der Waals surface area contributed by atoms with E-state index in [0.717, 1.165) is 19.3 Å². The van der Waals surface area contributed by atoms with Crippen LogP contribution in [0, 0.1) is 5.92 Å². The summed E-state index contributed by atoms with van der Waals surface area (Å²) in [5, 5.41) is 3.36. The third-order valence-electron chi connectivity index (χ3n) is 3.84. The first-order chi connectivity index (χ1) is 9.56. The summed E-state index contributed by atoms with van der Waals surface area (Å²) in [6.45, 7) is 0.588. The molecule has 1 aromatic carbocycles. The Bertz CT molecular complexity index is 507. The maximum absolute atomic E-state index is 12.4. The van der Waals surface area contributed by atoms with Gasteiger partial charge in [0.25, 0.3) is 5.91 Å². The number of nitrogens with one attached hydrogen (secondary N) is 1. The largest absolute Gasteiger partial charge is 0.496 e. The number of nitrogens with two attached hydrogens (primary N) is 2. The maximum atomic E-state index is 12.4. The number of methoxy groups -OCH3 is 1. The van der Waals surface area contributed by atoms with Gasteiger partial charge in [-0.25, -0.2) is 0 Å². The zero-order valence-corrected chi connectivity index (χ0v) is 12.2. The maximum Gasteiger partial charge on any atom is 0.255 e. The monoisotopic (exact) mass is 297 g/mol. The lowest BCUT2D eigenvalue weighted by Gasteiger charge is -2.20. The van der Waals surface area contributed by atoms with Gasteiger partial charge in [0.1, 0.15) is 5.75 Å². The molecule has 1 aromatic rings. The van der Waals surface area contributed by atoms with Gasteiger partial charge in [0.05, 0.1) is 23.4 Å². The molecule has 1 aliphatic carbocycles. The van der Waals surface area contributed by atoms with Gasteiger partial charge in [0, 0.05) is 12.1 Å². The molecule has 1 aliphatic rings. The summed E-state index contributed by atoms with van der Waals surface area (Å²) in [7, 11) is 1.50. The molecule has 0 bridgehead atoms. The predicted octanol–water partition coefficient (Wildman–Crippen LogP) is 1.79. The van der Waals surface area contributed by atoms with Gasteiger partial charge in [-0.15, -0.1) is 0 Å². The zero-order chi connectivity index (χ0) is 14.7. The highest BCUT2D eigenvalue weighted by Crippen LogP contribution is 2.30. The Kier molecular flexibility index (Phi) is 4.73. The first kappa shape index (κ1) is 14.9. The van der Waals surface area contributed by atoms with Crippen LogP contribution in [0.5, 0.6) is 5.75 Å². The van der Waals surface area contributed by atoms with Crippen LogP contribution in [0.4, 0.5) is 5.69 Å². The van der Waals surface area contributed by atoms with Crippen molar-refractivity contribution in [3.8, 4) is 5.75 Å². The number of rotatable bonds is 4. The second kappa shape index (κ2) is 6.33. The van der Waals surface area contributed by atoms with Crippen molar-refractivity contribution < 1.29 is 9.53 Å². The minimum Gasteiger partial charge on any atom is -0.496 e. The van der Waals surface area contributed by atoms with Crippen LogP contribution in [0.2, 0.25) is 5.02 Å². The number of hydrogen-bond acceptors (Lipinski definition) is 4. The molecule has 2 unspecified atom stereocenters. The molecule has 0 saturated heterocycles. The van der Waals surface area contributed by atoms with Gasteiger partial charge < -0.3 is 21.5 Å². The van der Waals surface area contributed by atoms with Crippen molar-refractivity contribution >= 4 is 23.2 Å². The lowest BCUT2D eigenvalue weighted by atomic mass is 10.0. The quantitative estimate of drug-likeness (QED) is 0.739. The molecule has 20 heavy (non-hydrogen) atoms. The number of carbonyl (C=O) groups excluding carboxylic acids is 1. The van der Waals surface area contributed by atoms with E-state index < -0.39 is 0 Å². The number of ether oxygens (including phenoxy) is 1. The highest BCUT2D eigenvalue weighted by molar-refractivity contribution is 6.33. The van der Waals surface area contributed by atoms with Gasteiger partial charge >= 0.3 is 0 Å². The second-order valence-corrected chi connectivity index (χ2v) is 5.49. The minimum atomic E-state index is -0.200. The van der Waals surface area contributed by atoms with Crippen LogP contribution in [-0.4, -0.2) is 25.6 Å². The third-order valence-corrected chi connectivity index (χ3v) is 4.17. The molecule has 0 spiro atoms. The predicted molar refractivity (Wildman–Crippen MR) is 80.1 cm³/mol. The number of amides is 1. The minimum absolute atomic E-state index is 0.119. The van der Waals surface area contributed by atoms with Gasteiger partial charge in [0.15, 0.2) is 0 Å². The fourth-order valence-electron chi connectivity index (χ4n) is 2.67. The lowest BCUT2D eigenvalue weighted by Crippen LogP contribution is -2.40. The van der Waals surface area contributed by atoms with Crippen molar-refractivity contribution in [1.82, 2.24) is 5.32 Å². The van der Waals surface area contributed by atoms with E-state index in [1.54, 1.807) is 6.07 Å². The fraction of sp³-hybridized carbons (Fsp3) is 0.500. The topological polar surface area (TPSA) is 90.4 Å². The Hall–Kier alpha value is -1.46. The van der Waals surface area contributed by atoms with E-state index in [9.17, 15) is 4.79 Å². The first-order valence-corrected chi connectivity index (χ1v) is 7.08. The first-order valence-electron chi connectivity index (χ1n) is 6.70. The van der Waals surface area contributed by atoms with E-state index in [-0.39, 0.29) is 11.9 Å². The molecule has 2 atom stereocenters. The summed E-state index contributed by atoms with van der Waals surface area (Å²) in [5.41, 5.74) is 12.2. The number of benzene rings is 1. The Morgan fingerprint density at radius 3 is 2.90 bits per heavy atom. The Balaban J connectivity index is 2.18. The molecular formula is C14H20ClN3O2. The van der Waals surface area contributed by atoms with Crippen LogP contribution in [-0.2, 0) is 0 Å². The van der Waals surface area contributed by atoms with Crippen molar-refractivity contribution in [2.75, 3.05) is 19.4 Å². The highest BCUT2D eigenvalue weighted by Gasteiger charge is 2.28. The molecule has 0 heterocycles. The van der Waals surface area contributed by atoms with Crippen molar-refractivity contribution in [2.24, 2.45) is 11.7 Å². The summed E-state index contributed by atoms with van der Waals surface area (Å²) >= 11 is 5.98. The summed E-state index contributed by atoms with van der Waals surface area (Å²) in [6, 6.07) is 3.22. The van der Waals surface area contributed by atoms with Crippen LogP contribution in [0.1, 0.15) is 29.6 Å². The smallest absolute Gasteiger partial charge is 0.255 e. The number of halogens is 1. The second-order valence-electron chi connectivity index (χ2n) is 5.08. The van der Waals surface area contributed by atoms with E-state index in [4.69, 9.17) is 27.8 Å². The van der Waals surface area contributed by atoms with Crippen molar-refractivity contribution in [2.45, 2.75) is 25.3 Å². The molecule has 0 aliphatic heterocycles. The number of carbonyl (C=O) groups is 1. The Morgan fingerprint density at radius 2 is 2.25 bits per heavy atom. The number of nitrogen functional groups attached to an aromatic ring is 1. The van der Waals surface area contributed by atoms with E-state index in [0.29, 0.717) is 34.5 Å². The Morgan fingerprint density at radius 1 is 1.50 bits per heavy atom. The average Bonchev–Trinajstić information content (AvgIpc) is 2.88. The summed E-state index contributed by atoms with van der Waals surface area (Å²) in [5.74, 6) is 0.565. The van der Waals surface area contributed by atoms with E-state index in [1.165, 1.54) is 13.2 Å². The average molecular weight is 298 g/mol. The van der Waals surface area contributed by atoms with Crippen LogP contribution in [0.3, 0.4) is 0 Å². The van der Waals surface area contributed by atoms with E-state index >= 15 is 0 Å². The molecule has 110 valence electrons. The van der Waals surface area contributed by atoms with E-state index in [1.807, 2.05) is 0 Å². The van der Waals surface area contributed by atoms with Crippen molar-refractivity contribution in [1.29, 1.82) is 0 Å². The molecule has 0 aromatic heterocycles. The van der Waals surface area contributed by atoms with Crippen LogP contribution >= 0.6 is 11.6 Å². The van der Waals surface area contributed by atoms with Gasteiger partial charge in [-0.3, -0.25) is 4.79 Å². The Labute approximate surface area is 123 Å². The van der Waals surface area contributed by atoms with Crippen LogP contribution in [0.15, 0.2) is 12.1 Å². The normalized spacial score (nSPS) is 21.8. The molecule has 5 N–H and O–H groups in total. The standard InChI is InChI=1S/C14H20ClN3O2/c1-20-13-6-11(17)10(15)5-9(13)14(19)18-12-4-2-3-8(12)7-16/h5-6,8,12H,2-4,7,16-17H2,1H3,(H,18,19). The van der Waals surface area contributed by atoms with Crippen molar-refractivity contribution in [3.63, 3.8) is 0 Å². The molecule has 1 fully saturated rings. The number of hydrogen-bond donors (Lipinski definition) is 3. The zero-order valence-electron chi connectivity index (χ0n) is 11.5. The van der Waals surface area contributed by atoms with Gasteiger partial charge in [-0.2, -0.15) is 0 Å². The third kappa shape index (κ3) is 2.99. The molecular weight excluding hydrogens is 278 g/mol. The lowest BCUT2D eigenvalue weighted by molar-refractivity contribution is 0.0926. The van der Waals surface area contributed by atoms with Gasteiger partial charge in [-0.05, 0) is 31.4 Å². The SMILES string of the molecule is COc1cc(N)c(Cl)cc1C(=O)NC1CCCC1CN. The highest BCUT2D eigenvalue weighted by atomic mass is 35.5. The van der Waals surface area contributed by atoms with E-state index in [2.05, 4.69) is 5.32 Å². The number of anilines is 1. The summed E-state index contributed by atoms with van der Waals surface area (Å²) in [4.78, 5) is 12.4. The van der Waals surface area contributed by atoms with Gasteiger partial charge in [0.2, 0.25) is 0 Å². The summed E-state index contributed by atoms with van der Waals surface area (Å²) < 4.78 is 5.20. The molecule has 1 amide bonds. The van der Waals surface area contributed by atoms with Crippen molar-refractivity contribution in [3.05, 3.63) is 22.7 Å². The van der Waals surface area contributed by atoms with Gasteiger partial charge in [-0.1, -0.05) is 18.0 Å². The molecule has 1 saturated carbocycles. The molecule has 0 radical (unpaired) electrons. The van der Waals surface area contributed by atoms with Crippen LogP contribution < -0.4 is 21.5 Å². The fourth-order valence-corrected chi connectivity index (χ4v) is 2.83. The molecule has 6 heteroatoms. The summed E-state index contributed by atoms with van der Waals surface area (Å²) in [6.07, 6.45) is 3.10.